The van der Waals surface area contributed by atoms with Gasteiger partial charge in [0.15, 0.2) is 0 Å². The van der Waals surface area contributed by atoms with Crippen molar-refractivity contribution in [1.82, 2.24) is 10.2 Å². The second kappa shape index (κ2) is 5.56. The summed E-state index contributed by atoms with van der Waals surface area (Å²) in [7, 11) is 1.53. The highest BCUT2D eigenvalue weighted by atomic mass is 16.5. The Morgan fingerprint density at radius 2 is 2.11 bits per heavy atom. The van der Waals surface area contributed by atoms with E-state index in [9.17, 15) is 9.59 Å². The number of carboxylic acids is 1. The van der Waals surface area contributed by atoms with Crippen molar-refractivity contribution >= 4 is 12.0 Å². The van der Waals surface area contributed by atoms with Gasteiger partial charge in [-0.05, 0) is 20.3 Å². The molecule has 1 aliphatic rings. The molecular weight excluding hydrogens is 236 g/mol. The Balaban J connectivity index is 2.74. The molecule has 1 saturated heterocycles. The number of nitrogens with zero attached hydrogens (tertiary/aromatic N) is 1. The zero-order chi connectivity index (χ0) is 13.9. The Morgan fingerprint density at radius 3 is 2.56 bits per heavy atom. The van der Waals surface area contributed by atoms with E-state index in [2.05, 4.69) is 5.32 Å². The first-order valence-corrected chi connectivity index (χ1v) is 6.15. The van der Waals surface area contributed by atoms with Gasteiger partial charge in [-0.3, -0.25) is 0 Å². The number of hydrogen-bond acceptors (Lipinski definition) is 3. The minimum Gasteiger partial charge on any atom is -0.480 e. The van der Waals surface area contributed by atoms with Gasteiger partial charge >= 0.3 is 12.0 Å². The van der Waals surface area contributed by atoms with Gasteiger partial charge in [-0.2, -0.15) is 0 Å². The molecule has 0 spiro atoms. The van der Waals surface area contributed by atoms with E-state index in [1.165, 1.54) is 12.0 Å². The number of nitrogens with one attached hydrogen (secondary N) is 1. The Kier molecular flexibility index (Phi) is 4.56. The lowest BCUT2D eigenvalue weighted by Crippen LogP contribution is -2.52. The average molecular weight is 258 g/mol. The highest BCUT2D eigenvalue weighted by Gasteiger charge is 2.40. The maximum Gasteiger partial charge on any atom is 0.326 e. The second-order valence-corrected chi connectivity index (χ2v) is 5.27. The molecule has 2 N–H and O–H groups in total. The van der Waals surface area contributed by atoms with Gasteiger partial charge in [0.2, 0.25) is 0 Å². The molecular formula is C12H22N2O4. The lowest BCUT2D eigenvalue weighted by Gasteiger charge is -2.29. The number of methoxy groups -OCH3 is 1. The van der Waals surface area contributed by atoms with Crippen LogP contribution < -0.4 is 5.32 Å². The van der Waals surface area contributed by atoms with Crippen molar-refractivity contribution in [3.8, 4) is 0 Å². The number of urea groups is 1. The van der Waals surface area contributed by atoms with Gasteiger partial charge in [-0.1, -0.05) is 6.92 Å². The first-order valence-electron chi connectivity index (χ1n) is 6.15. The van der Waals surface area contributed by atoms with Crippen LogP contribution in [0.3, 0.4) is 0 Å². The van der Waals surface area contributed by atoms with E-state index in [1.807, 2.05) is 20.8 Å². The largest absolute Gasteiger partial charge is 0.480 e. The highest BCUT2D eigenvalue weighted by molar-refractivity contribution is 5.83. The smallest absolute Gasteiger partial charge is 0.326 e. The Labute approximate surface area is 107 Å². The molecule has 18 heavy (non-hydrogen) atoms. The van der Waals surface area contributed by atoms with Crippen molar-refractivity contribution in [3.63, 3.8) is 0 Å². The van der Waals surface area contributed by atoms with Crippen LogP contribution in [0.2, 0.25) is 0 Å². The van der Waals surface area contributed by atoms with Crippen LogP contribution in [0.4, 0.5) is 4.79 Å². The van der Waals surface area contributed by atoms with E-state index in [-0.39, 0.29) is 17.7 Å². The molecule has 0 radical (unpaired) electrons. The van der Waals surface area contributed by atoms with Gasteiger partial charge in [0.05, 0.1) is 6.10 Å². The zero-order valence-corrected chi connectivity index (χ0v) is 11.4. The molecule has 6 nitrogen and oxygen atoms in total. The van der Waals surface area contributed by atoms with E-state index in [1.54, 1.807) is 0 Å². The first kappa shape index (κ1) is 14.8. The summed E-state index contributed by atoms with van der Waals surface area (Å²) in [4.78, 5) is 24.6. The van der Waals surface area contributed by atoms with Crippen LogP contribution >= 0.6 is 0 Å². The predicted molar refractivity (Wildman–Crippen MR) is 66.4 cm³/mol. The molecule has 0 saturated carbocycles. The summed E-state index contributed by atoms with van der Waals surface area (Å²) in [5.41, 5.74) is -0.342. The topological polar surface area (TPSA) is 78.9 Å². The second-order valence-electron chi connectivity index (χ2n) is 5.27. The molecule has 2 unspecified atom stereocenters. The van der Waals surface area contributed by atoms with Gasteiger partial charge in [0, 0.05) is 25.6 Å². The third kappa shape index (κ3) is 3.35. The number of amides is 2. The molecule has 0 aromatic rings. The van der Waals surface area contributed by atoms with E-state index < -0.39 is 12.0 Å². The van der Waals surface area contributed by atoms with E-state index >= 15 is 0 Å². The normalized spacial score (nSPS) is 24.1. The average Bonchev–Trinajstić information content (AvgIpc) is 2.72. The fourth-order valence-corrected chi connectivity index (χ4v) is 1.88. The Hall–Kier alpha value is -1.30. The monoisotopic (exact) mass is 258 g/mol. The summed E-state index contributed by atoms with van der Waals surface area (Å²) in [5.74, 6) is -0.987. The third-order valence-corrected chi connectivity index (χ3v) is 3.47. The number of carbonyl (C=O) groups is 2. The number of likely N-dealkylation sites (tertiary alicyclic amines) is 1. The molecule has 0 aromatic heterocycles. The van der Waals surface area contributed by atoms with Crippen LogP contribution in [0.25, 0.3) is 0 Å². The Morgan fingerprint density at radius 1 is 1.50 bits per heavy atom. The molecule has 2 atom stereocenters. The molecule has 104 valence electrons. The highest BCUT2D eigenvalue weighted by Crippen LogP contribution is 2.21. The SMILES string of the molecule is CCC(C)(C)NC(=O)N1CC(OC)CC1C(=O)O. The van der Waals surface area contributed by atoms with Crippen LogP contribution in [0.15, 0.2) is 0 Å². The van der Waals surface area contributed by atoms with E-state index in [4.69, 9.17) is 9.84 Å². The summed E-state index contributed by atoms with van der Waals surface area (Å²) in [6.45, 7) is 6.10. The number of hydrogen-bond donors (Lipinski definition) is 2. The van der Waals surface area contributed by atoms with Gasteiger partial charge < -0.3 is 20.1 Å². The van der Waals surface area contributed by atoms with E-state index in [0.29, 0.717) is 13.0 Å². The van der Waals surface area contributed by atoms with Gasteiger partial charge in [-0.25, -0.2) is 9.59 Å². The molecule has 1 rings (SSSR count). The van der Waals surface area contributed by atoms with Crippen LogP contribution in [0.5, 0.6) is 0 Å². The van der Waals surface area contributed by atoms with Crippen LogP contribution in [0.1, 0.15) is 33.6 Å². The van der Waals surface area contributed by atoms with E-state index in [0.717, 1.165) is 6.42 Å². The molecule has 6 heteroatoms. The summed E-state index contributed by atoms with van der Waals surface area (Å²) in [5, 5.41) is 12.0. The fraction of sp³-hybridized carbons (Fsp3) is 0.833. The summed E-state index contributed by atoms with van der Waals surface area (Å²) in [6.07, 6.45) is 0.908. The van der Waals surface area contributed by atoms with Crippen LogP contribution in [0, 0.1) is 0 Å². The number of carbonyl (C=O) groups excluding carboxylic acids is 1. The minimum absolute atomic E-state index is 0.207. The quantitative estimate of drug-likeness (QED) is 0.790. The predicted octanol–water partition coefficient (Wildman–Crippen LogP) is 1.06. The number of carboxylic acid groups (broad SMARTS) is 1. The van der Waals surface area contributed by atoms with Crippen LogP contribution in [-0.2, 0) is 9.53 Å². The number of ether oxygens (including phenoxy) is 1. The summed E-state index contributed by atoms with van der Waals surface area (Å²) in [6, 6.07) is -1.14. The van der Waals surface area contributed by atoms with Gasteiger partial charge in [-0.15, -0.1) is 0 Å². The maximum atomic E-state index is 12.1. The maximum absolute atomic E-state index is 12.1. The molecule has 0 aliphatic carbocycles. The van der Waals surface area contributed by atoms with Crippen molar-refractivity contribution in [2.45, 2.75) is 51.3 Å². The number of aliphatic carboxylic acids is 1. The molecule has 0 bridgehead atoms. The van der Waals surface area contributed by atoms with Gasteiger partial charge in [0.1, 0.15) is 6.04 Å². The zero-order valence-electron chi connectivity index (χ0n) is 11.4. The van der Waals surface area contributed by atoms with Crippen molar-refractivity contribution in [2.24, 2.45) is 0 Å². The molecule has 1 aliphatic heterocycles. The van der Waals surface area contributed by atoms with Crippen molar-refractivity contribution in [1.29, 1.82) is 0 Å². The summed E-state index contributed by atoms with van der Waals surface area (Å²) < 4.78 is 5.14. The summed E-state index contributed by atoms with van der Waals surface area (Å²) >= 11 is 0. The molecule has 1 heterocycles. The minimum atomic E-state index is -0.987. The van der Waals surface area contributed by atoms with Gasteiger partial charge in [0.25, 0.3) is 0 Å². The molecule has 0 aromatic carbocycles. The third-order valence-electron chi connectivity index (χ3n) is 3.47. The number of rotatable bonds is 4. The lowest BCUT2D eigenvalue weighted by molar-refractivity contribution is -0.141. The Bertz CT molecular complexity index is 330. The van der Waals surface area contributed by atoms with Crippen molar-refractivity contribution < 1.29 is 19.4 Å². The van der Waals surface area contributed by atoms with Crippen LogP contribution in [-0.4, -0.2) is 53.3 Å². The molecule has 2 amide bonds. The lowest BCUT2D eigenvalue weighted by atomic mass is 10.0. The fourth-order valence-electron chi connectivity index (χ4n) is 1.88. The van der Waals surface area contributed by atoms with Crippen molar-refractivity contribution in [3.05, 3.63) is 0 Å². The standard InChI is InChI=1S/C12H22N2O4/c1-5-12(2,3)13-11(17)14-7-8(18-4)6-9(14)10(15)16/h8-9H,5-7H2,1-4H3,(H,13,17)(H,15,16). The van der Waals surface area contributed by atoms with Crippen molar-refractivity contribution in [2.75, 3.05) is 13.7 Å². The molecule has 1 fully saturated rings. The first-order chi connectivity index (χ1) is 8.30.